The molecule has 2 aliphatic heterocycles. The lowest BCUT2D eigenvalue weighted by Gasteiger charge is -2.30. The summed E-state index contributed by atoms with van der Waals surface area (Å²) in [5, 5.41) is 0. The number of rotatable bonds is 6. The Morgan fingerprint density at radius 1 is 0.575 bits per heavy atom. The van der Waals surface area contributed by atoms with Crippen LogP contribution < -0.4 is 9.80 Å². The van der Waals surface area contributed by atoms with Crippen molar-refractivity contribution in [1.82, 2.24) is 0 Å². The Kier molecular flexibility index (Phi) is 6.52. The molecule has 0 fully saturated rings. The van der Waals surface area contributed by atoms with Gasteiger partial charge in [0.15, 0.2) is 5.78 Å². The van der Waals surface area contributed by atoms with Gasteiger partial charge in [-0.1, -0.05) is 115 Å². The van der Waals surface area contributed by atoms with Crippen LogP contribution >= 0.6 is 0 Å². The summed E-state index contributed by atoms with van der Waals surface area (Å²) in [6, 6.07) is 26.0. The summed E-state index contributed by atoms with van der Waals surface area (Å²) in [4.78, 5) is 20.0. The zero-order valence-corrected chi connectivity index (χ0v) is 25.0. The molecule has 3 nitrogen and oxygen atoms in total. The van der Waals surface area contributed by atoms with Crippen molar-refractivity contribution in [2.75, 3.05) is 22.9 Å². The number of Topliss-reactive ketones (excluding diaryl/α,β-unsaturated/α-hetero) is 1. The Hall–Kier alpha value is -3.59. The second-order valence-corrected chi connectivity index (χ2v) is 12.6. The van der Waals surface area contributed by atoms with Crippen LogP contribution in [0.4, 0.5) is 11.4 Å². The lowest BCUT2D eigenvalue weighted by atomic mass is 9.80. The van der Waals surface area contributed by atoms with Gasteiger partial charge >= 0.3 is 0 Å². The number of allylic oxidation sites excluding steroid dienone is 4. The molecule has 3 aliphatic rings. The molecule has 0 bridgehead atoms. The third-order valence-corrected chi connectivity index (χ3v) is 9.32. The third kappa shape index (κ3) is 3.73. The van der Waals surface area contributed by atoms with E-state index in [4.69, 9.17) is 0 Å². The van der Waals surface area contributed by atoms with Crippen LogP contribution in [0.3, 0.4) is 0 Å². The average Bonchev–Trinajstić information content (AvgIpc) is 3.45. The van der Waals surface area contributed by atoms with Crippen molar-refractivity contribution in [1.29, 1.82) is 0 Å². The monoisotopic (exact) mass is 530 g/mol. The van der Waals surface area contributed by atoms with E-state index in [1.165, 1.54) is 22.5 Å². The van der Waals surface area contributed by atoms with Gasteiger partial charge in [-0.05, 0) is 47.2 Å². The number of hydrogen-bond donors (Lipinski definition) is 0. The molecule has 0 aromatic heterocycles. The Labute approximate surface area is 240 Å². The molecule has 3 aromatic rings. The zero-order valence-electron chi connectivity index (χ0n) is 25.0. The SMILES string of the molecule is CCCCN1C(=C2C(=O)C(=C3N(CCCC)c4ccccc4C3(C)C)c3ccccc32)C(C)(C)c2ccccc21. The highest BCUT2D eigenvalue weighted by molar-refractivity contribution is 6.49. The molecule has 0 spiro atoms. The van der Waals surface area contributed by atoms with Gasteiger partial charge in [-0.15, -0.1) is 0 Å². The maximum Gasteiger partial charge on any atom is 0.197 e. The number of fused-ring (bicyclic) bond motifs is 3. The largest absolute Gasteiger partial charge is 0.343 e. The Balaban J connectivity index is 1.65. The van der Waals surface area contributed by atoms with Crippen LogP contribution in [-0.2, 0) is 15.6 Å². The van der Waals surface area contributed by atoms with Gasteiger partial charge in [0.1, 0.15) is 0 Å². The second kappa shape index (κ2) is 9.80. The van der Waals surface area contributed by atoms with Crippen molar-refractivity contribution in [3.63, 3.8) is 0 Å². The number of carbonyl (C=O) groups is 1. The third-order valence-electron chi connectivity index (χ3n) is 9.32. The molecule has 6 rings (SSSR count). The minimum Gasteiger partial charge on any atom is -0.343 e. The van der Waals surface area contributed by atoms with E-state index in [-0.39, 0.29) is 16.6 Å². The standard InChI is InChI=1S/C37H42N2O/c1-7-9-23-38-29-21-15-13-19-27(29)36(3,4)34(38)31-25-17-11-12-18-26(25)32(33(31)40)35-37(5,6)28-20-14-16-22-30(28)39(35)24-10-8-2/h11-22H,7-10,23-24H2,1-6H3. The maximum absolute atomic E-state index is 15.1. The fourth-order valence-electron chi connectivity index (χ4n) is 7.40. The average molecular weight is 531 g/mol. The highest BCUT2D eigenvalue weighted by Gasteiger charge is 2.49. The fourth-order valence-corrected chi connectivity index (χ4v) is 7.40. The fraction of sp³-hybridized carbons (Fsp3) is 0.378. The number of hydrogen-bond acceptors (Lipinski definition) is 3. The quantitative estimate of drug-likeness (QED) is 0.297. The van der Waals surface area contributed by atoms with Gasteiger partial charge in [0.25, 0.3) is 0 Å². The number of para-hydroxylation sites is 2. The highest BCUT2D eigenvalue weighted by atomic mass is 16.1. The van der Waals surface area contributed by atoms with Crippen LogP contribution in [0.15, 0.2) is 84.2 Å². The number of carbonyl (C=O) groups excluding carboxylic acids is 1. The van der Waals surface area contributed by atoms with Gasteiger partial charge < -0.3 is 9.80 Å². The summed E-state index contributed by atoms with van der Waals surface area (Å²) in [5.41, 5.74) is 10.8. The summed E-state index contributed by atoms with van der Waals surface area (Å²) in [6.45, 7) is 15.5. The molecule has 0 saturated carbocycles. The minimum atomic E-state index is -0.279. The van der Waals surface area contributed by atoms with E-state index in [1.807, 2.05) is 0 Å². The molecule has 206 valence electrons. The first-order chi connectivity index (χ1) is 19.2. The summed E-state index contributed by atoms with van der Waals surface area (Å²) in [7, 11) is 0. The molecule has 0 atom stereocenters. The molecule has 3 aromatic carbocycles. The molecule has 0 radical (unpaired) electrons. The van der Waals surface area contributed by atoms with E-state index in [0.717, 1.165) is 72.4 Å². The lowest BCUT2D eigenvalue weighted by Crippen LogP contribution is -2.31. The van der Waals surface area contributed by atoms with Gasteiger partial charge in [-0.2, -0.15) is 0 Å². The summed E-state index contributed by atoms with van der Waals surface area (Å²) in [5.74, 6) is 0.177. The molecule has 2 heterocycles. The second-order valence-electron chi connectivity index (χ2n) is 12.6. The van der Waals surface area contributed by atoms with Gasteiger partial charge in [0, 0.05) is 46.7 Å². The van der Waals surface area contributed by atoms with E-state index >= 15 is 4.79 Å². The van der Waals surface area contributed by atoms with Crippen LogP contribution in [0.2, 0.25) is 0 Å². The normalized spacial score (nSPS) is 22.1. The van der Waals surface area contributed by atoms with Gasteiger partial charge in [-0.3, -0.25) is 4.79 Å². The van der Waals surface area contributed by atoms with Crippen molar-refractivity contribution in [3.05, 3.63) is 106 Å². The molecule has 0 saturated heterocycles. The number of anilines is 2. The maximum atomic E-state index is 15.1. The molecular formula is C37H42N2O. The Morgan fingerprint density at radius 3 is 1.35 bits per heavy atom. The van der Waals surface area contributed by atoms with Crippen LogP contribution in [0.1, 0.15) is 89.5 Å². The predicted molar refractivity (Wildman–Crippen MR) is 169 cm³/mol. The van der Waals surface area contributed by atoms with Gasteiger partial charge in [0.05, 0.1) is 11.1 Å². The van der Waals surface area contributed by atoms with Crippen molar-refractivity contribution in [2.45, 2.75) is 78.1 Å². The molecule has 0 N–H and O–H groups in total. The molecule has 40 heavy (non-hydrogen) atoms. The van der Waals surface area contributed by atoms with Crippen LogP contribution in [0, 0.1) is 0 Å². The minimum absolute atomic E-state index is 0.177. The lowest BCUT2D eigenvalue weighted by molar-refractivity contribution is -0.108. The molecule has 0 unspecified atom stereocenters. The molecular weight excluding hydrogens is 488 g/mol. The zero-order chi connectivity index (χ0) is 28.2. The van der Waals surface area contributed by atoms with E-state index < -0.39 is 0 Å². The van der Waals surface area contributed by atoms with E-state index in [9.17, 15) is 0 Å². The highest BCUT2D eigenvalue weighted by Crippen LogP contribution is 2.56. The molecule has 0 amide bonds. The van der Waals surface area contributed by atoms with Crippen molar-refractivity contribution in [2.24, 2.45) is 0 Å². The van der Waals surface area contributed by atoms with Gasteiger partial charge in [-0.25, -0.2) is 0 Å². The smallest absolute Gasteiger partial charge is 0.197 e. The van der Waals surface area contributed by atoms with E-state index in [1.54, 1.807) is 0 Å². The first-order valence-electron chi connectivity index (χ1n) is 15.1. The van der Waals surface area contributed by atoms with Gasteiger partial charge in [0.2, 0.25) is 0 Å². The first-order valence-corrected chi connectivity index (χ1v) is 15.1. The number of unbranched alkanes of at least 4 members (excludes halogenated alkanes) is 2. The topological polar surface area (TPSA) is 23.6 Å². The van der Waals surface area contributed by atoms with E-state index in [0.29, 0.717) is 0 Å². The number of ketones is 1. The number of benzene rings is 3. The Morgan fingerprint density at radius 2 is 0.950 bits per heavy atom. The summed E-state index contributed by atoms with van der Waals surface area (Å²) < 4.78 is 0. The van der Waals surface area contributed by atoms with Crippen LogP contribution in [0.5, 0.6) is 0 Å². The molecule has 3 heteroatoms. The number of nitrogens with zero attached hydrogens (tertiary/aromatic N) is 2. The van der Waals surface area contributed by atoms with Crippen LogP contribution in [0.25, 0.3) is 11.1 Å². The van der Waals surface area contributed by atoms with Crippen molar-refractivity contribution in [3.8, 4) is 0 Å². The van der Waals surface area contributed by atoms with Crippen molar-refractivity contribution >= 4 is 28.3 Å². The first kappa shape index (κ1) is 26.6. The summed E-state index contributed by atoms with van der Waals surface area (Å²) >= 11 is 0. The van der Waals surface area contributed by atoms with Crippen molar-refractivity contribution < 1.29 is 4.79 Å². The molecule has 1 aliphatic carbocycles. The van der Waals surface area contributed by atoms with E-state index in [2.05, 4.69) is 124 Å². The predicted octanol–water partition coefficient (Wildman–Crippen LogP) is 8.89. The summed E-state index contributed by atoms with van der Waals surface area (Å²) in [6.07, 6.45) is 4.39. The Bertz CT molecular complexity index is 1440. The van der Waals surface area contributed by atoms with Crippen LogP contribution in [-0.4, -0.2) is 18.9 Å².